The van der Waals surface area contributed by atoms with Crippen molar-refractivity contribution in [3.63, 3.8) is 0 Å². The molecule has 0 radical (unpaired) electrons. The van der Waals surface area contributed by atoms with Gasteiger partial charge < -0.3 is 20.9 Å². The van der Waals surface area contributed by atoms with Crippen LogP contribution in [-0.4, -0.2) is 82.5 Å². The van der Waals surface area contributed by atoms with E-state index >= 15 is 0 Å². The third kappa shape index (κ3) is 4.48. The molecule has 1 aliphatic heterocycles. The summed E-state index contributed by atoms with van der Waals surface area (Å²) in [6.45, 7) is 2.66. The van der Waals surface area contributed by atoms with Crippen LogP contribution in [0.1, 0.15) is 63.9 Å². The Balaban J connectivity index is 1.56. The van der Waals surface area contributed by atoms with Crippen molar-refractivity contribution in [1.29, 1.82) is 5.26 Å². The number of rotatable bonds is 8. The number of nitrogens with one attached hydrogen (secondary N) is 4. The van der Waals surface area contributed by atoms with Gasteiger partial charge in [-0.05, 0) is 72.7 Å². The fourth-order valence-corrected chi connectivity index (χ4v) is 5.98. The zero-order valence-electron chi connectivity index (χ0n) is 22.6. The molecule has 2 aromatic carbocycles. The van der Waals surface area contributed by atoms with Crippen molar-refractivity contribution in [2.24, 2.45) is 0 Å². The van der Waals surface area contributed by atoms with Crippen molar-refractivity contribution in [3.8, 4) is 17.2 Å². The number of tetrazole rings is 1. The molecule has 0 saturated carbocycles. The van der Waals surface area contributed by atoms with Gasteiger partial charge in [-0.1, -0.05) is 17.3 Å². The number of hydrogen-bond acceptors (Lipinski definition) is 8. The molecule has 206 valence electrons. The number of carbonyl (C=O) groups excluding carboxylic acids is 3. The van der Waals surface area contributed by atoms with Crippen LogP contribution in [0.5, 0.6) is 0 Å². The van der Waals surface area contributed by atoms with Crippen LogP contribution in [0.2, 0.25) is 0 Å². The Morgan fingerprint density at radius 3 is 2.25 bits per heavy atom. The average molecular weight is 542 g/mol. The maximum Gasteiger partial charge on any atom is 0.251 e. The fraction of sp³-hybridized carbons (Fsp3) is 0.393. The number of aromatic amines is 1. The molecule has 12 heteroatoms. The van der Waals surface area contributed by atoms with Gasteiger partial charge in [0.15, 0.2) is 5.82 Å². The molecule has 0 bridgehead atoms. The minimum atomic E-state index is -0.877. The standard InChI is InChI=1S/C28H31N9O3/c1-16(32-15-24(38)37-10-4-5-19(37)14-29)13-28(27-33-35-36-34-27)22-8-6-17(25(39)30-2)11-20(22)21-12-18(26(40)31-3)7-9-23(21)28/h6-9,11-12,16,19,32H,4-5,10,13,15H2,1-3H3,(H,30,39)(H,31,40)(H,33,34,35,36)/t16-,19-/m0/s1. The lowest BCUT2D eigenvalue weighted by Gasteiger charge is -2.32. The summed E-state index contributed by atoms with van der Waals surface area (Å²) in [5, 5.41) is 33.3. The monoisotopic (exact) mass is 541 g/mol. The molecule has 0 unspecified atom stereocenters. The Bertz CT molecular complexity index is 1430. The zero-order valence-corrected chi connectivity index (χ0v) is 22.6. The van der Waals surface area contributed by atoms with E-state index in [0.29, 0.717) is 36.3 Å². The van der Waals surface area contributed by atoms with Gasteiger partial charge in [0.25, 0.3) is 11.8 Å². The topological polar surface area (TPSA) is 169 Å². The number of aromatic nitrogens is 4. The summed E-state index contributed by atoms with van der Waals surface area (Å²) < 4.78 is 0. The van der Waals surface area contributed by atoms with Gasteiger partial charge in [-0.2, -0.15) is 10.5 Å². The van der Waals surface area contributed by atoms with Crippen molar-refractivity contribution in [3.05, 3.63) is 64.5 Å². The number of amides is 3. The number of fused-ring (bicyclic) bond motifs is 3. The number of benzene rings is 2. The highest BCUT2D eigenvalue weighted by Crippen LogP contribution is 2.54. The van der Waals surface area contributed by atoms with Crippen LogP contribution in [0.15, 0.2) is 36.4 Å². The highest BCUT2D eigenvalue weighted by molar-refractivity contribution is 5.99. The van der Waals surface area contributed by atoms with Gasteiger partial charge in [0.2, 0.25) is 5.91 Å². The minimum absolute atomic E-state index is 0.0899. The number of nitriles is 1. The van der Waals surface area contributed by atoms with Gasteiger partial charge in [0.05, 0.1) is 18.0 Å². The molecule has 2 atom stereocenters. The van der Waals surface area contributed by atoms with Crippen molar-refractivity contribution in [1.82, 2.24) is 41.5 Å². The van der Waals surface area contributed by atoms with Gasteiger partial charge in [-0.25, -0.2) is 0 Å². The van der Waals surface area contributed by atoms with Gasteiger partial charge in [0.1, 0.15) is 6.04 Å². The Morgan fingerprint density at radius 2 is 1.73 bits per heavy atom. The lowest BCUT2D eigenvalue weighted by molar-refractivity contribution is -0.130. The summed E-state index contributed by atoms with van der Waals surface area (Å²) in [5.41, 5.74) is 3.42. The molecule has 2 heterocycles. The first kappa shape index (κ1) is 27.0. The number of nitrogens with zero attached hydrogens (tertiary/aromatic N) is 5. The molecule has 3 aromatic rings. The lowest BCUT2D eigenvalue weighted by atomic mass is 9.72. The number of hydrogen-bond donors (Lipinski definition) is 4. The van der Waals surface area contributed by atoms with E-state index in [1.807, 2.05) is 31.2 Å². The van der Waals surface area contributed by atoms with E-state index in [9.17, 15) is 19.6 Å². The van der Waals surface area contributed by atoms with Crippen LogP contribution in [0.3, 0.4) is 0 Å². The normalized spacial score (nSPS) is 17.4. The molecule has 3 amide bonds. The Hall–Kier alpha value is -4.63. The summed E-state index contributed by atoms with van der Waals surface area (Å²) in [7, 11) is 3.15. The smallest absolute Gasteiger partial charge is 0.251 e. The highest BCUT2D eigenvalue weighted by atomic mass is 16.2. The third-order valence-electron chi connectivity index (χ3n) is 7.89. The molecular formula is C28H31N9O3. The molecular weight excluding hydrogens is 510 g/mol. The van der Waals surface area contributed by atoms with Crippen LogP contribution >= 0.6 is 0 Å². The molecule has 1 aromatic heterocycles. The second-order valence-electron chi connectivity index (χ2n) is 10.2. The van der Waals surface area contributed by atoms with Gasteiger partial charge in [-0.15, -0.1) is 10.2 Å². The first-order chi connectivity index (χ1) is 19.3. The predicted molar refractivity (Wildman–Crippen MR) is 145 cm³/mol. The predicted octanol–water partition coefficient (Wildman–Crippen LogP) is 1.12. The first-order valence-electron chi connectivity index (χ1n) is 13.2. The third-order valence-corrected chi connectivity index (χ3v) is 7.89. The van der Waals surface area contributed by atoms with Crippen LogP contribution in [0.4, 0.5) is 0 Å². The van der Waals surface area contributed by atoms with Crippen LogP contribution in [-0.2, 0) is 10.2 Å². The maximum absolute atomic E-state index is 12.9. The lowest BCUT2D eigenvalue weighted by Crippen LogP contribution is -2.45. The Kier molecular flexibility index (Phi) is 7.32. The van der Waals surface area contributed by atoms with Crippen LogP contribution < -0.4 is 16.0 Å². The van der Waals surface area contributed by atoms with Gasteiger partial charge in [-0.3, -0.25) is 14.4 Å². The highest BCUT2D eigenvalue weighted by Gasteiger charge is 2.49. The van der Waals surface area contributed by atoms with Gasteiger partial charge in [0, 0.05) is 37.8 Å². The molecule has 1 saturated heterocycles. The first-order valence-corrected chi connectivity index (χ1v) is 13.2. The summed E-state index contributed by atoms with van der Waals surface area (Å²) >= 11 is 0. The molecule has 1 fully saturated rings. The average Bonchev–Trinajstić information content (AvgIpc) is 3.74. The Morgan fingerprint density at radius 1 is 1.10 bits per heavy atom. The molecule has 4 N–H and O–H groups in total. The largest absolute Gasteiger partial charge is 0.355 e. The van der Waals surface area contributed by atoms with Crippen molar-refractivity contribution in [2.45, 2.75) is 43.7 Å². The van der Waals surface area contributed by atoms with Crippen molar-refractivity contribution >= 4 is 17.7 Å². The second-order valence-corrected chi connectivity index (χ2v) is 10.2. The molecule has 1 aliphatic carbocycles. The van der Waals surface area contributed by atoms with Crippen LogP contribution in [0, 0.1) is 11.3 Å². The molecule has 5 rings (SSSR count). The number of carbonyl (C=O) groups is 3. The summed E-state index contributed by atoms with van der Waals surface area (Å²) in [5.74, 6) is -0.121. The second kappa shape index (κ2) is 10.9. The number of H-pyrrole nitrogens is 1. The molecule has 40 heavy (non-hydrogen) atoms. The summed E-state index contributed by atoms with van der Waals surface area (Å²) in [4.78, 5) is 39.6. The van der Waals surface area contributed by atoms with E-state index in [1.165, 1.54) is 0 Å². The molecule has 12 nitrogen and oxygen atoms in total. The van der Waals surface area contributed by atoms with E-state index in [2.05, 4.69) is 42.6 Å². The van der Waals surface area contributed by atoms with E-state index in [1.54, 1.807) is 31.1 Å². The van der Waals surface area contributed by atoms with Crippen molar-refractivity contribution < 1.29 is 14.4 Å². The number of likely N-dealkylation sites (tertiary alicyclic amines) is 1. The summed E-state index contributed by atoms with van der Waals surface area (Å²) in [6, 6.07) is 12.6. The summed E-state index contributed by atoms with van der Waals surface area (Å²) in [6.07, 6.45) is 1.98. The van der Waals surface area contributed by atoms with Crippen molar-refractivity contribution in [2.75, 3.05) is 27.2 Å². The van der Waals surface area contributed by atoms with E-state index in [-0.39, 0.29) is 36.3 Å². The quantitative estimate of drug-likeness (QED) is 0.329. The van der Waals surface area contributed by atoms with E-state index in [4.69, 9.17) is 0 Å². The fourth-order valence-electron chi connectivity index (χ4n) is 5.98. The van der Waals surface area contributed by atoms with E-state index < -0.39 is 5.41 Å². The van der Waals surface area contributed by atoms with Gasteiger partial charge >= 0.3 is 0 Å². The minimum Gasteiger partial charge on any atom is -0.355 e. The molecule has 2 aliphatic rings. The zero-order chi connectivity index (χ0) is 28.4. The molecule has 0 spiro atoms. The SMILES string of the molecule is CNC(=O)c1ccc2c(c1)-c1cc(C(=O)NC)ccc1C2(C[C@H](C)NCC(=O)N1CCC[C@H]1C#N)c1nn[nH]n1. The van der Waals surface area contributed by atoms with E-state index in [0.717, 1.165) is 28.7 Å². The maximum atomic E-state index is 12.9. The van der Waals surface area contributed by atoms with Crippen LogP contribution in [0.25, 0.3) is 11.1 Å². The Labute approximate surface area is 231 Å².